The Labute approximate surface area is 98.2 Å². The summed E-state index contributed by atoms with van der Waals surface area (Å²) in [6.07, 6.45) is 0. The zero-order chi connectivity index (χ0) is 9.97. The average Bonchev–Trinajstić information content (AvgIpc) is 2.71. The van der Waals surface area contributed by atoms with Crippen molar-refractivity contribution in [2.45, 2.75) is 6.04 Å². The van der Waals surface area contributed by atoms with E-state index >= 15 is 0 Å². The fourth-order valence-corrected chi connectivity index (χ4v) is 2.06. The molecule has 1 nitrogen and oxygen atoms in total. The van der Waals surface area contributed by atoms with Gasteiger partial charge in [-0.15, -0.1) is 23.7 Å². The van der Waals surface area contributed by atoms with Gasteiger partial charge in [0.1, 0.15) is 5.82 Å². The Kier molecular flexibility index (Phi) is 4.27. The highest BCUT2D eigenvalue weighted by Gasteiger charge is 2.08. The molecule has 1 heterocycles. The molecule has 0 bridgehead atoms. The fourth-order valence-electron chi connectivity index (χ4n) is 1.30. The van der Waals surface area contributed by atoms with E-state index in [4.69, 9.17) is 5.73 Å². The second-order valence-electron chi connectivity index (χ2n) is 3.04. The summed E-state index contributed by atoms with van der Waals surface area (Å²) in [7, 11) is 0. The van der Waals surface area contributed by atoms with Gasteiger partial charge < -0.3 is 5.73 Å². The van der Waals surface area contributed by atoms with Crippen LogP contribution in [0.2, 0.25) is 0 Å². The van der Waals surface area contributed by atoms with Crippen LogP contribution >= 0.6 is 23.7 Å². The molecule has 0 fully saturated rings. The van der Waals surface area contributed by atoms with E-state index in [2.05, 4.69) is 0 Å². The number of halogens is 2. The molecule has 0 amide bonds. The van der Waals surface area contributed by atoms with Crippen LogP contribution in [-0.2, 0) is 0 Å². The summed E-state index contributed by atoms with van der Waals surface area (Å²) < 4.78 is 12.7. The van der Waals surface area contributed by atoms with Gasteiger partial charge in [0.25, 0.3) is 0 Å². The molecule has 2 aromatic rings. The molecule has 1 atom stereocenters. The average molecular weight is 244 g/mol. The summed E-state index contributed by atoms with van der Waals surface area (Å²) in [5.41, 5.74) is 6.94. The second-order valence-corrected chi connectivity index (χ2v) is 4.02. The molecule has 0 saturated heterocycles. The van der Waals surface area contributed by atoms with Crippen LogP contribution in [0.15, 0.2) is 41.8 Å². The lowest BCUT2D eigenvalue weighted by atomic mass is 10.1. The zero-order valence-electron chi connectivity index (χ0n) is 7.89. The van der Waals surface area contributed by atoms with Crippen molar-refractivity contribution < 1.29 is 4.39 Å². The quantitative estimate of drug-likeness (QED) is 0.860. The number of benzene rings is 1. The Morgan fingerprint density at radius 2 is 1.80 bits per heavy atom. The lowest BCUT2D eigenvalue weighted by Gasteiger charge is -2.09. The van der Waals surface area contributed by atoms with Crippen molar-refractivity contribution in [1.29, 1.82) is 0 Å². The molecule has 1 unspecified atom stereocenters. The van der Waals surface area contributed by atoms with Crippen LogP contribution in [0.5, 0.6) is 0 Å². The monoisotopic (exact) mass is 243 g/mol. The van der Waals surface area contributed by atoms with E-state index in [1.165, 1.54) is 12.1 Å². The van der Waals surface area contributed by atoms with Gasteiger partial charge in [0.05, 0.1) is 6.04 Å². The molecule has 2 rings (SSSR count). The normalized spacial score (nSPS) is 11.9. The maximum absolute atomic E-state index is 12.7. The van der Waals surface area contributed by atoms with Gasteiger partial charge in [-0.25, -0.2) is 4.39 Å². The van der Waals surface area contributed by atoms with Crippen molar-refractivity contribution in [1.82, 2.24) is 0 Å². The van der Waals surface area contributed by atoms with E-state index in [-0.39, 0.29) is 24.3 Å². The molecule has 0 radical (unpaired) electrons. The molecular formula is C11H11ClFNS. The van der Waals surface area contributed by atoms with Gasteiger partial charge in [0, 0.05) is 4.88 Å². The number of nitrogens with two attached hydrogens (primary N) is 1. The SMILES string of the molecule is Cl.NC(c1ccc(F)cc1)c1cccs1. The smallest absolute Gasteiger partial charge is 0.123 e. The Morgan fingerprint density at radius 3 is 2.33 bits per heavy atom. The van der Waals surface area contributed by atoms with Crippen molar-refractivity contribution in [3.8, 4) is 0 Å². The molecule has 15 heavy (non-hydrogen) atoms. The number of hydrogen-bond donors (Lipinski definition) is 1. The molecular weight excluding hydrogens is 233 g/mol. The maximum atomic E-state index is 12.7. The summed E-state index contributed by atoms with van der Waals surface area (Å²) in [5, 5.41) is 1.98. The van der Waals surface area contributed by atoms with Gasteiger partial charge in [-0.2, -0.15) is 0 Å². The Hall–Kier alpha value is -0.900. The first kappa shape index (κ1) is 12.2. The van der Waals surface area contributed by atoms with Crippen LogP contribution in [0.4, 0.5) is 4.39 Å². The first-order valence-corrected chi connectivity index (χ1v) is 5.20. The minimum Gasteiger partial charge on any atom is -0.320 e. The second kappa shape index (κ2) is 5.26. The lowest BCUT2D eigenvalue weighted by molar-refractivity contribution is 0.626. The Bertz CT molecular complexity index is 399. The number of rotatable bonds is 2. The molecule has 0 aliphatic heterocycles. The lowest BCUT2D eigenvalue weighted by Crippen LogP contribution is -2.09. The third-order valence-corrected chi connectivity index (χ3v) is 3.03. The van der Waals surface area contributed by atoms with E-state index in [9.17, 15) is 4.39 Å². The van der Waals surface area contributed by atoms with Gasteiger partial charge in [-0.3, -0.25) is 0 Å². The summed E-state index contributed by atoms with van der Waals surface area (Å²) in [5.74, 6) is -0.230. The zero-order valence-corrected chi connectivity index (χ0v) is 9.52. The third-order valence-electron chi connectivity index (χ3n) is 2.08. The summed E-state index contributed by atoms with van der Waals surface area (Å²) in [6, 6.07) is 10.1. The molecule has 2 N–H and O–H groups in total. The molecule has 0 saturated carbocycles. The molecule has 4 heteroatoms. The van der Waals surface area contributed by atoms with Crippen molar-refractivity contribution in [3.05, 3.63) is 58.0 Å². The number of thiophene rings is 1. The molecule has 0 spiro atoms. The largest absolute Gasteiger partial charge is 0.320 e. The van der Waals surface area contributed by atoms with Gasteiger partial charge in [0.15, 0.2) is 0 Å². The first-order chi connectivity index (χ1) is 6.77. The third kappa shape index (κ3) is 2.78. The highest BCUT2D eigenvalue weighted by atomic mass is 35.5. The van der Waals surface area contributed by atoms with Crippen LogP contribution in [-0.4, -0.2) is 0 Å². The standard InChI is InChI=1S/C11H10FNS.ClH/c12-9-5-3-8(4-6-9)11(13)10-2-1-7-14-10;/h1-7,11H,13H2;1H. The van der Waals surface area contributed by atoms with Crippen LogP contribution in [0, 0.1) is 5.82 Å². The summed E-state index contributed by atoms with van der Waals surface area (Å²) >= 11 is 1.61. The minimum absolute atomic E-state index is 0. The Balaban J connectivity index is 0.00000112. The van der Waals surface area contributed by atoms with Crippen LogP contribution < -0.4 is 5.73 Å². The topological polar surface area (TPSA) is 26.0 Å². The molecule has 1 aromatic heterocycles. The molecule has 1 aromatic carbocycles. The minimum atomic E-state index is -0.230. The van der Waals surface area contributed by atoms with Gasteiger partial charge in [-0.05, 0) is 29.1 Å². The van der Waals surface area contributed by atoms with Crippen LogP contribution in [0.25, 0.3) is 0 Å². The maximum Gasteiger partial charge on any atom is 0.123 e. The predicted molar refractivity (Wildman–Crippen MR) is 64.0 cm³/mol. The van der Waals surface area contributed by atoms with Crippen LogP contribution in [0.1, 0.15) is 16.5 Å². The fraction of sp³-hybridized carbons (Fsp3) is 0.0909. The Morgan fingerprint density at radius 1 is 1.13 bits per heavy atom. The highest BCUT2D eigenvalue weighted by Crippen LogP contribution is 2.23. The van der Waals surface area contributed by atoms with E-state index in [1.54, 1.807) is 23.5 Å². The van der Waals surface area contributed by atoms with Gasteiger partial charge in [0.2, 0.25) is 0 Å². The van der Waals surface area contributed by atoms with Crippen molar-refractivity contribution in [2.75, 3.05) is 0 Å². The molecule has 80 valence electrons. The predicted octanol–water partition coefficient (Wildman–Crippen LogP) is 3.36. The van der Waals surface area contributed by atoms with Crippen molar-refractivity contribution >= 4 is 23.7 Å². The first-order valence-electron chi connectivity index (χ1n) is 4.32. The van der Waals surface area contributed by atoms with Crippen LogP contribution in [0.3, 0.4) is 0 Å². The molecule has 0 aliphatic carbocycles. The summed E-state index contributed by atoms with van der Waals surface area (Å²) in [6.45, 7) is 0. The van der Waals surface area contributed by atoms with E-state index < -0.39 is 0 Å². The summed E-state index contributed by atoms with van der Waals surface area (Å²) in [4.78, 5) is 1.09. The van der Waals surface area contributed by atoms with Crippen molar-refractivity contribution in [2.24, 2.45) is 5.73 Å². The van der Waals surface area contributed by atoms with E-state index in [0.717, 1.165) is 10.4 Å². The number of hydrogen-bond acceptors (Lipinski definition) is 2. The van der Waals surface area contributed by atoms with Gasteiger partial charge >= 0.3 is 0 Å². The van der Waals surface area contributed by atoms with Crippen molar-refractivity contribution in [3.63, 3.8) is 0 Å². The van der Waals surface area contributed by atoms with E-state index in [1.807, 2.05) is 17.5 Å². The molecule has 0 aliphatic rings. The highest BCUT2D eigenvalue weighted by molar-refractivity contribution is 7.10. The van der Waals surface area contributed by atoms with E-state index in [0.29, 0.717) is 0 Å². The van der Waals surface area contributed by atoms with Gasteiger partial charge in [-0.1, -0.05) is 18.2 Å².